The lowest BCUT2D eigenvalue weighted by molar-refractivity contribution is 0.102. The Morgan fingerprint density at radius 3 is 2.52 bits per heavy atom. The summed E-state index contributed by atoms with van der Waals surface area (Å²) >= 11 is 0.724. The van der Waals surface area contributed by atoms with Crippen LogP contribution in [-0.4, -0.2) is 41.8 Å². The molecule has 13 heteroatoms. The van der Waals surface area contributed by atoms with Crippen LogP contribution in [0, 0.1) is 6.92 Å². The third-order valence-electron chi connectivity index (χ3n) is 4.40. The SMILES string of the molecule is COc1ccc(-c2noc(CNS(=O)(=O)c3nnc(NC(=O)c4ccc(C)cc4)s3)n2)cc1. The van der Waals surface area contributed by atoms with E-state index in [4.69, 9.17) is 9.26 Å². The minimum Gasteiger partial charge on any atom is -0.497 e. The quantitative estimate of drug-likeness (QED) is 0.358. The number of carbonyl (C=O) groups excluding carboxylic acids is 1. The molecule has 0 fully saturated rings. The van der Waals surface area contributed by atoms with E-state index in [1.54, 1.807) is 55.6 Å². The van der Waals surface area contributed by atoms with Crippen LogP contribution in [0.5, 0.6) is 5.75 Å². The van der Waals surface area contributed by atoms with Gasteiger partial charge in [-0.1, -0.05) is 34.2 Å². The van der Waals surface area contributed by atoms with E-state index in [1.807, 2.05) is 6.92 Å². The number of nitrogens with zero attached hydrogens (tertiary/aromatic N) is 4. The van der Waals surface area contributed by atoms with Gasteiger partial charge in [-0.2, -0.15) is 9.71 Å². The number of amides is 1. The van der Waals surface area contributed by atoms with Crippen LogP contribution in [0.2, 0.25) is 0 Å². The van der Waals surface area contributed by atoms with E-state index in [0.29, 0.717) is 22.7 Å². The lowest BCUT2D eigenvalue weighted by Gasteiger charge is -2.01. The first kappa shape index (κ1) is 22.5. The van der Waals surface area contributed by atoms with Gasteiger partial charge >= 0.3 is 0 Å². The van der Waals surface area contributed by atoms with E-state index in [9.17, 15) is 13.2 Å². The van der Waals surface area contributed by atoms with Crippen molar-refractivity contribution in [2.75, 3.05) is 12.4 Å². The summed E-state index contributed by atoms with van der Waals surface area (Å²) in [6, 6.07) is 13.9. The molecule has 2 heterocycles. The van der Waals surface area contributed by atoms with E-state index in [0.717, 1.165) is 16.9 Å². The maximum Gasteiger partial charge on any atom is 0.270 e. The zero-order valence-electron chi connectivity index (χ0n) is 17.5. The molecule has 0 atom stereocenters. The first-order valence-electron chi connectivity index (χ1n) is 9.52. The van der Waals surface area contributed by atoms with Gasteiger partial charge in [-0.05, 0) is 43.3 Å². The molecule has 0 aliphatic rings. The van der Waals surface area contributed by atoms with E-state index < -0.39 is 15.9 Å². The number of carbonyl (C=O) groups is 1. The minimum absolute atomic E-state index is 0.0560. The van der Waals surface area contributed by atoms with Crippen LogP contribution in [0.1, 0.15) is 21.8 Å². The minimum atomic E-state index is -4.01. The van der Waals surface area contributed by atoms with Crippen molar-refractivity contribution in [3.63, 3.8) is 0 Å². The molecule has 33 heavy (non-hydrogen) atoms. The Balaban J connectivity index is 1.38. The first-order valence-corrected chi connectivity index (χ1v) is 11.8. The summed E-state index contributed by atoms with van der Waals surface area (Å²) in [6.45, 7) is 1.67. The number of benzene rings is 2. The molecule has 2 aromatic heterocycles. The molecule has 1 amide bonds. The second kappa shape index (κ2) is 9.44. The smallest absolute Gasteiger partial charge is 0.270 e. The molecule has 2 aromatic carbocycles. The molecule has 0 saturated carbocycles. The Morgan fingerprint density at radius 2 is 1.82 bits per heavy atom. The highest BCUT2D eigenvalue weighted by Gasteiger charge is 2.22. The Morgan fingerprint density at radius 1 is 1.09 bits per heavy atom. The molecule has 0 bridgehead atoms. The Kier molecular flexibility index (Phi) is 6.44. The highest BCUT2D eigenvalue weighted by atomic mass is 32.2. The fourth-order valence-electron chi connectivity index (χ4n) is 2.65. The van der Waals surface area contributed by atoms with Gasteiger partial charge in [0.25, 0.3) is 15.9 Å². The van der Waals surface area contributed by atoms with Gasteiger partial charge in [0.1, 0.15) is 5.75 Å². The average molecular weight is 487 g/mol. The van der Waals surface area contributed by atoms with Crippen molar-refractivity contribution in [3.05, 3.63) is 65.5 Å². The Labute approximate surface area is 192 Å². The maximum absolute atomic E-state index is 12.5. The fraction of sp³-hybridized carbons (Fsp3) is 0.150. The monoisotopic (exact) mass is 486 g/mol. The number of rotatable bonds is 8. The molecule has 0 unspecified atom stereocenters. The zero-order valence-corrected chi connectivity index (χ0v) is 19.1. The molecule has 11 nitrogen and oxygen atoms in total. The second-order valence-corrected chi connectivity index (χ2v) is 9.68. The topological polar surface area (TPSA) is 149 Å². The van der Waals surface area contributed by atoms with Crippen LogP contribution in [0.25, 0.3) is 11.4 Å². The number of hydrogen-bond acceptors (Lipinski definition) is 10. The molecule has 0 aliphatic carbocycles. The summed E-state index contributed by atoms with van der Waals surface area (Å²) in [4.78, 5) is 16.5. The van der Waals surface area contributed by atoms with Crippen LogP contribution < -0.4 is 14.8 Å². The van der Waals surface area contributed by atoms with E-state index >= 15 is 0 Å². The highest BCUT2D eigenvalue weighted by molar-refractivity contribution is 7.91. The highest BCUT2D eigenvalue weighted by Crippen LogP contribution is 2.22. The van der Waals surface area contributed by atoms with Gasteiger partial charge in [0.15, 0.2) is 0 Å². The predicted octanol–water partition coefficient (Wildman–Crippen LogP) is 2.64. The first-order chi connectivity index (χ1) is 15.8. The van der Waals surface area contributed by atoms with Crippen molar-refractivity contribution in [2.45, 2.75) is 17.8 Å². The number of aromatic nitrogens is 4. The van der Waals surface area contributed by atoms with Gasteiger partial charge in [-0.15, -0.1) is 10.2 Å². The van der Waals surface area contributed by atoms with Crippen molar-refractivity contribution in [3.8, 4) is 17.1 Å². The van der Waals surface area contributed by atoms with E-state index in [-0.39, 0.29) is 21.9 Å². The zero-order chi connectivity index (χ0) is 23.4. The van der Waals surface area contributed by atoms with Crippen molar-refractivity contribution in [2.24, 2.45) is 0 Å². The van der Waals surface area contributed by atoms with Gasteiger partial charge < -0.3 is 9.26 Å². The number of nitrogens with one attached hydrogen (secondary N) is 2. The largest absolute Gasteiger partial charge is 0.497 e. The average Bonchev–Trinajstić information content (AvgIpc) is 3.49. The van der Waals surface area contributed by atoms with Crippen molar-refractivity contribution < 1.29 is 22.5 Å². The Bertz CT molecular complexity index is 1360. The van der Waals surface area contributed by atoms with Gasteiger partial charge in [0.05, 0.1) is 13.7 Å². The van der Waals surface area contributed by atoms with Crippen molar-refractivity contribution in [1.29, 1.82) is 0 Å². The van der Waals surface area contributed by atoms with Crippen LogP contribution in [0.4, 0.5) is 5.13 Å². The summed E-state index contributed by atoms with van der Waals surface area (Å²) in [7, 11) is -2.45. The van der Waals surface area contributed by atoms with Gasteiger partial charge in [0, 0.05) is 11.1 Å². The summed E-state index contributed by atoms with van der Waals surface area (Å²) in [5.74, 6) is 0.646. The number of methoxy groups -OCH3 is 1. The van der Waals surface area contributed by atoms with E-state index in [2.05, 4.69) is 30.4 Å². The van der Waals surface area contributed by atoms with Crippen LogP contribution in [0.3, 0.4) is 0 Å². The number of aryl methyl sites for hydroxylation is 1. The van der Waals surface area contributed by atoms with Crippen LogP contribution in [-0.2, 0) is 16.6 Å². The molecule has 0 saturated heterocycles. The fourth-order valence-corrected chi connectivity index (χ4v) is 4.56. The van der Waals surface area contributed by atoms with E-state index in [1.165, 1.54) is 0 Å². The summed E-state index contributed by atoms with van der Waals surface area (Å²) in [5, 5.41) is 13.8. The molecule has 4 aromatic rings. The second-order valence-electron chi connectivity index (χ2n) is 6.76. The normalized spacial score (nSPS) is 11.3. The third kappa shape index (κ3) is 5.39. The summed E-state index contributed by atoms with van der Waals surface area (Å²) in [6.07, 6.45) is 0. The maximum atomic E-state index is 12.5. The molecule has 0 spiro atoms. The molecule has 0 aliphatic heterocycles. The van der Waals surface area contributed by atoms with Crippen LogP contribution in [0.15, 0.2) is 57.4 Å². The Hall–Kier alpha value is -3.68. The third-order valence-corrected chi connectivity index (χ3v) is 7.01. The molecular weight excluding hydrogens is 468 g/mol. The molecular formula is C20H18N6O5S2. The lowest BCUT2D eigenvalue weighted by atomic mass is 10.1. The van der Waals surface area contributed by atoms with Gasteiger partial charge in [-0.3, -0.25) is 10.1 Å². The summed E-state index contributed by atoms with van der Waals surface area (Å²) < 4.78 is 37.3. The number of hydrogen-bond donors (Lipinski definition) is 2. The standard InChI is InChI=1S/C20H18N6O5S2/c1-12-3-5-14(6-4-12)18(27)23-19-24-25-20(32-19)33(28,29)21-11-16-22-17(26-31-16)13-7-9-15(30-2)10-8-13/h3-10,21H,11H2,1-2H3,(H,23,24,27). The van der Waals surface area contributed by atoms with Crippen LogP contribution >= 0.6 is 11.3 Å². The van der Waals surface area contributed by atoms with Gasteiger partial charge in [0.2, 0.25) is 21.2 Å². The number of sulfonamides is 1. The predicted molar refractivity (Wildman–Crippen MR) is 119 cm³/mol. The molecule has 0 radical (unpaired) electrons. The number of anilines is 1. The van der Waals surface area contributed by atoms with Crippen molar-refractivity contribution in [1.82, 2.24) is 25.1 Å². The summed E-state index contributed by atoms with van der Waals surface area (Å²) in [5.41, 5.74) is 2.12. The molecule has 170 valence electrons. The van der Waals surface area contributed by atoms with Crippen molar-refractivity contribution >= 4 is 32.4 Å². The molecule has 2 N–H and O–H groups in total. The lowest BCUT2D eigenvalue weighted by Crippen LogP contribution is -2.23. The number of ether oxygens (including phenoxy) is 1. The van der Waals surface area contributed by atoms with Gasteiger partial charge in [-0.25, -0.2) is 8.42 Å². The molecule has 4 rings (SSSR count).